The first-order chi connectivity index (χ1) is 67.3. The number of thiazole rings is 4. The number of alkyl halides is 1. The number of carbonyl (C=O) groups is 1. The van der Waals surface area contributed by atoms with Crippen molar-refractivity contribution in [2.75, 3.05) is 121 Å². The van der Waals surface area contributed by atoms with Crippen LogP contribution in [0.2, 0.25) is 77.1 Å². The third-order valence-corrected chi connectivity index (χ3v) is 29.6. The number of ether oxygens (including phenoxy) is 11. The molecule has 34 nitrogen and oxygen atoms in total. The van der Waals surface area contributed by atoms with Gasteiger partial charge in [0.25, 0.3) is 0 Å². The Morgan fingerprint density at radius 3 is 1.06 bits per heavy atom. The van der Waals surface area contributed by atoms with Crippen LogP contribution in [0.25, 0.3) is 86.7 Å². The lowest BCUT2D eigenvalue weighted by Gasteiger charge is -2.19. The third-order valence-electron chi connectivity index (χ3n) is 20.0. The summed E-state index contributed by atoms with van der Waals surface area (Å²) in [6, 6.07) is 57.0. The van der Waals surface area contributed by atoms with E-state index in [1.807, 2.05) is 176 Å². The summed E-state index contributed by atoms with van der Waals surface area (Å²) in [4.78, 5) is 35.3. The minimum atomic E-state index is -1.22. The zero-order chi connectivity index (χ0) is 99.9. The number of aromatic nitrogens is 12. The molecule has 0 bridgehead atoms. The van der Waals surface area contributed by atoms with Crippen LogP contribution >= 0.6 is 61.3 Å². The summed E-state index contributed by atoms with van der Waals surface area (Å²) in [5, 5.41) is 49.8. The Bertz CT molecular complexity index is 6330. The number of halogens is 1. The van der Waals surface area contributed by atoms with Crippen LogP contribution in [0.3, 0.4) is 0 Å². The highest BCUT2D eigenvalue weighted by Crippen LogP contribution is 2.43. The normalized spacial score (nSPS) is 11.5. The summed E-state index contributed by atoms with van der Waals surface area (Å²) in [5.41, 5.74) is 11.4. The monoisotopic (exact) mass is 2100 g/mol. The van der Waals surface area contributed by atoms with Gasteiger partial charge >= 0.3 is 24.1 Å². The second-order valence-electron chi connectivity index (χ2n) is 36.1. The van der Waals surface area contributed by atoms with E-state index in [1.54, 1.807) is 68.9 Å². The number of nitrogens with one attached hydrogen (secondary N) is 1. The number of nitrogens with two attached hydrogens (primary N) is 1. The number of hydrogen-bond acceptors (Lipinski definition) is 37. The molecule has 0 fully saturated rings. The number of rotatable bonds is 42. The molecule has 0 aliphatic heterocycles. The van der Waals surface area contributed by atoms with Crippen LogP contribution in [0.5, 0.6) is 46.0 Å². The Morgan fingerprint density at radius 1 is 0.421 bits per heavy atom. The van der Waals surface area contributed by atoms with E-state index in [-0.39, 0.29) is 32.0 Å². The number of phenols is 1. The minimum absolute atomic E-state index is 0.175. The number of carbonyl (C=O) groups excluding carboxylic acids is 1. The van der Waals surface area contributed by atoms with E-state index in [1.165, 1.54) is 34.0 Å². The first-order valence-electron chi connectivity index (χ1n) is 45.7. The number of nitrogens with zero attached hydrogens (tertiary/aromatic N) is 15. The van der Waals surface area contributed by atoms with Crippen LogP contribution in [0.4, 0.5) is 38.2 Å². The topological polar surface area (TPSA) is 394 Å². The molecule has 0 aliphatic rings. The maximum absolute atomic E-state index is 10.9. The molecule has 0 saturated heterocycles. The van der Waals surface area contributed by atoms with Gasteiger partial charge in [-0.05, 0) is 197 Å². The number of anilines is 6. The molecule has 0 aliphatic carbocycles. The van der Waals surface area contributed by atoms with Gasteiger partial charge in [0, 0.05) is 84.7 Å². The predicted molar refractivity (Wildman–Crippen MR) is 566 cm³/mol. The summed E-state index contributed by atoms with van der Waals surface area (Å²) in [7, 11) is 2.92. The number of fused-ring (bicyclic) bond motifs is 4. The van der Waals surface area contributed by atoms with Gasteiger partial charge < -0.3 is 85.9 Å². The van der Waals surface area contributed by atoms with Gasteiger partial charge in [0.2, 0.25) is 29.5 Å². The molecule has 0 spiro atoms. The van der Waals surface area contributed by atoms with Crippen LogP contribution in [0.15, 0.2) is 188 Å². The predicted octanol–water partition coefficient (Wildman–Crippen LogP) is 23.9. The van der Waals surface area contributed by atoms with Gasteiger partial charge in [-0.2, -0.15) is 0 Å². The van der Waals surface area contributed by atoms with Gasteiger partial charge in [0.1, 0.15) is 105 Å². The maximum atomic E-state index is 10.9. The molecule has 0 saturated carbocycles. The summed E-state index contributed by atoms with van der Waals surface area (Å²) in [6.07, 6.45) is 2.04. The van der Waals surface area contributed by atoms with Crippen molar-refractivity contribution in [2.45, 2.75) is 137 Å². The van der Waals surface area contributed by atoms with Crippen molar-refractivity contribution in [3.8, 4) is 91.8 Å². The van der Waals surface area contributed by atoms with E-state index >= 15 is 0 Å². The molecule has 8 aromatic heterocycles. The SMILES string of the molecule is CC(C)(C)OC(=O)NCCBr.CCCOc1ccc(-c2nnc(N(COCC[Si](C)(C)C)c3nc4c(OC)cccc4s3)o2)cc1.CCCOc1ccc(-c2nnc(N(COCC[Si](C)(C)C)c3nc4c(OC)cccc4s3)o2)cc1.COc1cccc2sc(Cc3nnc(-c4ccc(OCCN)cc4)o3)nc12.COc1cccc2sc(N(COCC[Si](C)(C)C)c3nnc(-c4ccc(O)cc4)o3)nc12. The molecule has 0 unspecified atom stereocenters. The lowest BCUT2D eigenvalue weighted by Crippen LogP contribution is -2.33. The van der Waals surface area contributed by atoms with Gasteiger partial charge in [0.15, 0.2) is 15.4 Å². The van der Waals surface area contributed by atoms with Crippen LogP contribution in [-0.4, -0.2) is 208 Å². The number of amides is 1. The van der Waals surface area contributed by atoms with Gasteiger partial charge in [-0.25, -0.2) is 39.4 Å². The van der Waals surface area contributed by atoms with Crippen LogP contribution in [0.1, 0.15) is 58.4 Å². The lowest BCUT2D eigenvalue weighted by molar-refractivity contribution is 0.0531. The zero-order valence-corrected chi connectivity index (χ0v) is 90.0. The first-order valence-corrected chi connectivity index (χ1v) is 61.2. The fourth-order valence-electron chi connectivity index (χ4n) is 12.6. The van der Waals surface area contributed by atoms with Gasteiger partial charge in [0.05, 0.1) is 66.9 Å². The van der Waals surface area contributed by atoms with Crippen molar-refractivity contribution < 1.29 is 79.7 Å². The van der Waals surface area contributed by atoms with Crippen molar-refractivity contribution in [1.29, 1.82) is 0 Å². The van der Waals surface area contributed by atoms with Gasteiger partial charge in [-0.1, -0.05) is 162 Å². The van der Waals surface area contributed by atoms with Crippen molar-refractivity contribution in [2.24, 2.45) is 5.73 Å². The molecule has 8 aromatic carbocycles. The van der Waals surface area contributed by atoms with Crippen LogP contribution in [0, 0.1) is 0 Å². The molecule has 8 heterocycles. The second kappa shape index (κ2) is 51.4. The number of alkyl carbamates (subject to hydrolysis) is 1. The first kappa shape index (κ1) is 107. The molecule has 0 atom stereocenters. The highest BCUT2D eigenvalue weighted by Gasteiger charge is 2.29. The molecule has 744 valence electrons. The fraction of sp³-hybridized carbons (Fsp3) is 0.378. The summed E-state index contributed by atoms with van der Waals surface area (Å²) in [6.45, 7) is 36.3. The number of phenolic OH excluding ortho intramolecular Hbond substituents is 1. The Kier molecular flexibility index (Phi) is 39.2. The summed E-state index contributed by atoms with van der Waals surface area (Å²) >= 11 is 9.34. The van der Waals surface area contributed by atoms with Crippen LogP contribution < -0.4 is 58.9 Å². The number of benzene rings is 8. The molecular weight excluding hydrogens is 1980 g/mol. The van der Waals surface area contributed by atoms with E-state index < -0.39 is 29.8 Å². The average molecular weight is 2100 g/mol. The van der Waals surface area contributed by atoms with E-state index in [0.717, 1.165) is 133 Å². The standard InChI is InChI=1S/2C25H32N4O4SSi.C22H26N4O4SSi.C19H18N4O3S.C7H14BrNO2/c2*1-6-14-32-19-12-10-18(11-13-19)23-27-28-24(33-23)29(17-31-15-16-35(3,4)5)25-26-22-20(30-2)8-7-9-21(22)34-25;1-28-17-6-5-7-18-19(17)23-22(31-18)26(14-29-12-13-32(2,3)4)21-25-24-20(30-21)15-8-10-16(27)11-9-15;1-24-14-3-2-4-15-18(14)21-17(27-15)11-16-22-23-19(26-16)12-5-7-13(8-6-12)25-10-9-20;1-7(2,3)11-6(10)9-5-4-8/h2*7-13H,6,14-17H2,1-5H3;5-11,27H,12-14H2,1-4H3;2-8H,9-11,20H2,1H3;4-5H2,1-3H3,(H,9,10). The maximum Gasteiger partial charge on any atom is 0.407 e. The number of hydrogen-bond donors (Lipinski definition) is 3. The highest BCUT2D eigenvalue weighted by atomic mass is 79.9. The van der Waals surface area contributed by atoms with E-state index in [4.69, 9.17) is 90.5 Å². The van der Waals surface area contributed by atoms with Crippen LogP contribution in [-0.2, 0) is 25.4 Å². The largest absolute Gasteiger partial charge is 0.508 e. The molecule has 140 heavy (non-hydrogen) atoms. The summed E-state index contributed by atoms with van der Waals surface area (Å²) < 4.78 is 89.7. The number of para-hydroxylation sites is 4. The van der Waals surface area contributed by atoms with Gasteiger partial charge in [-0.3, -0.25) is 0 Å². The Hall–Kier alpha value is -12.1. The number of aromatic hydroxyl groups is 1. The Balaban J connectivity index is 0.000000162. The van der Waals surface area contributed by atoms with E-state index in [9.17, 15) is 9.90 Å². The Morgan fingerprint density at radius 2 is 0.743 bits per heavy atom. The van der Waals surface area contributed by atoms with E-state index in [0.29, 0.717) is 133 Å². The van der Waals surface area contributed by atoms with Crippen molar-refractivity contribution in [1.82, 2.24) is 66.0 Å². The quantitative estimate of drug-likeness (QED) is 0.0138. The smallest absolute Gasteiger partial charge is 0.407 e. The van der Waals surface area contributed by atoms with Gasteiger partial charge in [-0.15, -0.1) is 36.8 Å². The zero-order valence-electron chi connectivity index (χ0n) is 82.2. The van der Waals surface area contributed by atoms with Crippen molar-refractivity contribution in [3.05, 3.63) is 181 Å². The number of methoxy groups -OCH3 is 4. The summed E-state index contributed by atoms with van der Waals surface area (Å²) in [5.74, 6) is 7.67. The third kappa shape index (κ3) is 31.7. The van der Waals surface area contributed by atoms with Crippen molar-refractivity contribution >= 4 is 166 Å². The molecule has 42 heteroatoms. The molecule has 4 N–H and O–H groups in total. The Labute approximate surface area is 841 Å². The second-order valence-corrected chi connectivity index (χ2v) is 57.9. The van der Waals surface area contributed by atoms with Crippen molar-refractivity contribution in [3.63, 3.8) is 0 Å². The minimum Gasteiger partial charge on any atom is -0.508 e. The van der Waals surface area contributed by atoms with E-state index in [2.05, 4.69) is 140 Å². The molecular formula is C98H122BrN17O17S4Si3. The lowest BCUT2D eigenvalue weighted by atomic mass is 10.2. The molecule has 16 aromatic rings. The molecule has 16 rings (SSSR count). The molecule has 0 radical (unpaired) electrons. The highest BCUT2D eigenvalue weighted by molar-refractivity contribution is 9.09. The molecule has 1 amide bonds. The fourth-order valence-corrected chi connectivity index (χ4v) is 19.0. The average Bonchev–Trinajstić information content (AvgIpc) is 1.65.